The largest absolute Gasteiger partial charge is 0.497 e. The van der Waals surface area contributed by atoms with E-state index in [4.69, 9.17) is 9.47 Å². The lowest BCUT2D eigenvalue weighted by Gasteiger charge is -2.34. The van der Waals surface area contributed by atoms with Crippen LogP contribution in [0.5, 0.6) is 11.5 Å². The number of sulfonamides is 1. The van der Waals surface area contributed by atoms with Crippen LogP contribution in [0.3, 0.4) is 0 Å². The van der Waals surface area contributed by atoms with Crippen LogP contribution in [0.4, 0.5) is 10.1 Å². The van der Waals surface area contributed by atoms with Gasteiger partial charge < -0.3 is 19.7 Å². The molecule has 2 amide bonds. The van der Waals surface area contributed by atoms with Gasteiger partial charge in [0.25, 0.3) is 10.0 Å². The summed E-state index contributed by atoms with van der Waals surface area (Å²) in [5.41, 5.74) is 1.54. The predicted octanol–water partition coefficient (Wildman–Crippen LogP) is 5.07. The third-order valence-electron chi connectivity index (χ3n) is 7.20. The Kier molecular flexibility index (Phi) is 11.5. The number of rotatable bonds is 14. The van der Waals surface area contributed by atoms with Gasteiger partial charge in [0.2, 0.25) is 11.8 Å². The fourth-order valence-corrected chi connectivity index (χ4v) is 5.91. The van der Waals surface area contributed by atoms with Crippen LogP contribution in [0.2, 0.25) is 0 Å². The molecule has 0 aliphatic heterocycles. The van der Waals surface area contributed by atoms with E-state index in [0.29, 0.717) is 17.7 Å². The molecular weight excluding hydrogens is 573 g/mol. The van der Waals surface area contributed by atoms with Gasteiger partial charge in [-0.05, 0) is 68.7 Å². The van der Waals surface area contributed by atoms with Crippen LogP contribution in [-0.2, 0) is 26.2 Å². The molecule has 3 rings (SSSR count). The van der Waals surface area contributed by atoms with Gasteiger partial charge in [0.15, 0.2) is 0 Å². The minimum atomic E-state index is -4.31. The van der Waals surface area contributed by atoms with Crippen LogP contribution in [0.25, 0.3) is 0 Å². The van der Waals surface area contributed by atoms with E-state index in [0.717, 1.165) is 9.87 Å². The summed E-state index contributed by atoms with van der Waals surface area (Å²) >= 11 is 0. The number of halogens is 1. The Balaban J connectivity index is 2.14. The van der Waals surface area contributed by atoms with Gasteiger partial charge >= 0.3 is 0 Å². The van der Waals surface area contributed by atoms with Gasteiger partial charge in [0.1, 0.15) is 29.9 Å². The zero-order valence-corrected chi connectivity index (χ0v) is 26.3. The maximum absolute atomic E-state index is 14.2. The molecule has 0 aliphatic carbocycles. The van der Waals surface area contributed by atoms with Crippen molar-refractivity contribution in [3.05, 3.63) is 83.7 Å². The van der Waals surface area contributed by atoms with Crippen LogP contribution < -0.4 is 19.1 Å². The van der Waals surface area contributed by atoms with Gasteiger partial charge in [-0.3, -0.25) is 13.9 Å². The molecule has 43 heavy (non-hydrogen) atoms. The van der Waals surface area contributed by atoms with Crippen molar-refractivity contribution in [3.8, 4) is 11.5 Å². The van der Waals surface area contributed by atoms with Crippen molar-refractivity contribution in [2.75, 3.05) is 25.1 Å². The maximum atomic E-state index is 14.2. The Labute approximate surface area is 253 Å². The van der Waals surface area contributed by atoms with E-state index < -0.39 is 34.3 Å². The lowest BCUT2D eigenvalue weighted by molar-refractivity contribution is -0.140. The highest BCUT2D eigenvalue weighted by atomic mass is 32.2. The van der Waals surface area contributed by atoms with Crippen molar-refractivity contribution < 1.29 is 31.9 Å². The maximum Gasteiger partial charge on any atom is 0.264 e. The van der Waals surface area contributed by atoms with Crippen molar-refractivity contribution in [2.45, 2.75) is 64.1 Å². The Bertz CT molecular complexity index is 1500. The Morgan fingerprint density at radius 3 is 2.14 bits per heavy atom. The number of hydrogen-bond acceptors (Lipinski definition) is 6. The summed E-state index contributed by atoms with van der Waals surface area (Å²) in [7, 11) is -1.47. The highest BCUT2D eigenvalue weighted by Crippen LogP contribution is 2.36. The molecule has 1 N–H and O–H groups in total. The highest BCUT2D eigenvalue weighted by Gasteiger charge is 2.35. The lowest BCUT2D eigenvalue weighted by Crippen LogP contribution is -2.53. The summed E-state index contributed by atoms with van der Waals surface area (Å²) in [6.45, 7) is 6.72. The van der Waals surface area contributed by atoms with Gasteiger partial charge in [-0.1, -0.05) is 43.7 Å². The Morgan fingerprint density at radius 1 is 0.930 bits per heavy atom. The van der Waals surface area contributed by atoms with Gasteiger partial charge in [-0.15, -0.1) is 0 Å². The van der Waals surface area contributed by atoms with E-state index in [1.807, 2.05) is 20.8 Å². The first kappa shape index (κ1) is 33.4. The number of aryl methyl sites for hydroxylation is 1. The molecule has 0 aromatic heterocycles. The summed E-state index contributed by atoms with van der Waals surface area (Å²) in [5, 5.41) is 2.93. The SMILES string of the molecule is CC[C@H](C)NC(=O)[C@H](CC)N(Cc1ccc(F)cc1)C(=O)CN(c1cc(OC)ccc1OC)S(=O)(=O)c1ccc(C)cc1. The first-order valence-electron chi connectivity index (χ1n) is 14.1. The van der Waals surface area contributed by atoms with E-state index in [1.165, 1.54) is 61.6 Å². The molecule has 3 aromatic carbocycles. The number of anilines is 1. The van der Waals surface area contributed by atoms with Gasteiger partial charge in [-0.25, -0.2) is 12.8 Å². The van der Waals surface area contributed by atoms with E-state index in [2.05, 4.69) is 5.32 Å². The van der Waals surface area contributed by atoms with E-state index >= 15 is 0 Å². The first-order valence-corrected chi connectivity index (χ1v) is 15.5. The van der Waals surface area contributed by atoms with Crippen LogP contribution in [0.15, 0.2) is 71.6 Å². The second-order valence-electron chi connectivity index (χ2n) is 10.3. The molecule has 11 heteroatoms. The van der Waals surface area contributed by atoms with Crippen molar-refractivity contribution in [2.24, 2.45) is 0 Å². The minimum absolute atomic E-state index is 0.0255. The zero-order chi connectivity index (χ0) is 31.7. The average Bonchev–Trinajstić information content (AvgIpc) is 3.00. The molecule has 9 nitrogen and oxygen atoms in total. The number of benzene rings is 3. The Morgan fingerprint density at radius 2 is 1.58 bits per heavy atom. The predicted molar refractivity (Wildman–Crippen MR) is 164 cm³/mol. The number of ether oxygens (including phenoxy) is 2. The molecule has 0 aliphatic rings. The van der Waals surface area contributed by atoms with Crippen molar-refractivity contribution in [1.29, 1.82) is 0 Å². The normalized spacial score (nSPS) is 12.6. The molecule has 0 fully saturated rings. The average molecular weight is 614 g/mol. The van der Waals surface area contributed by atoms with E-state index in [1.54, 1.807) is 31.2 Å². The summed E-state index contributed by atoms with van der Waals surface area (Å²) in [5.74, 6) is -0.871. The number of carbonyl (C=O) groups excluding carboxylic acids is 2. The Hall–Kier alpha value is -4.12. The van der Waals surface area contributed by atoms with Crippen molar-refractivity contribution in [3.63, 3.8) is 0 Å². The minimum Gasteiger partial charge on any atom is -0.497 e. The lowest BCUT2D eigenvalue weighted by atomic mass is 10.1. The molecular formula is C32H40FN3O6S. The molecule has 0 saturated carbocycles. The van der Waals surface area contributed by atoms with Crippen LogP contribution in [0.1, 0.15) is 44.7 Å². The van der Waals surface area contributed by atoms with Crippen LogP contribution in [0, 0.1) is 12.7 Å². The molecule has 0 heterocycles. The molecule has 2 atom stereocenters. The third kappa shape index (κ3) is 8.25. The van der Waals surface area contributed by atoms with Crippen molar-refractivity contribution >= 4 is 27.5 Å². The molecule has 0 radical (unpaired) electrons. The fraction of sp³-hybridized carbons (Fsp3) is 0.375. The van der Waals surface area contributed by atoms with Crippen LogP contribution in [-0.4, -0.2) is 58.0 Å². The summed E-state index contributed by atoms with van der Waals surface area (Å²) in [6.07, 6.45) is 0.953. The number of hydrogen-bond donors (Lipinski definition) is 1. The summed E-state index contributed by atoms with van der Waals surface area (Å²) < 4.78 is 53.8. The molecule has 0 unspecified atom stereocenters. The van der Waals surface area contributed by atoms with E-state index in [9.17, 15) is 22.4 Å². The van der Waals surface area contributed by atoms with Crippen LogP contribution >= 0.6 is 0 Å². The first-order chi connectivity index (χ1) is 20.4. The molecule has 0 bridgehead atoms. The molecule has 3 aromatic rings. The number of methoxy groups -OCH3 is 2. The summed E-state index contributed by atoms with van der Waals surface area (Å²) in [6, 6.07) is 15.5. The third-order valence-corrected chi connectivity index (χ3v) is 8.97. The van der Waals surface area contributed by atoms with E-state index in [-0.39, 0.29) is 41.2 Å². The quantitative estimate of drug-likeness (QED) is 0.272. The second kappa shape index (κ2) is 14.9. The highest BCUT2D eigenvalue weighted by molar-refractivity contribution is 7.92. The number of amides is 2. The van der Waals surface area contributed by atoms with Gasteiger partial charge in [-0.2, -0.15) is 0 Å². The smallest absolute Gasteiger partial charge is 0.264 e. The molecule has 0 saturated heterocycles. The zero-order valence-electron chi connectivity index (χ0n) is 25.5. The number of nitrogens with one attached hydrogen (secondary N) is 1. The summed E-state index contributed by atoms with van der Waals surface area (Å²) in [4.78, 5) is 28.9. The number of carbonyl (C=O) groups is 2. The standard InChI is InChI=1S/C32H40FN3O6S/c1-7-23(4)34-32(38)28(8-2)35(20-24-11-13-25(33)14-12-24)31(37)21-36(29-19-26(41-5)15-18-30(29)42-6)43(39,40)27-16-9-22(3)10-17-27/h9-19,23,28H,7-8,20-21H2,1-6H3,(H,34,38)/t23-,28-/m0/s1. The fourth-order valence-electron chi connectivity index (χ4n) is 4.49. The monoisotopic (exact) mass is 613 g/mol. The molecule has 0 spiro atoms. The van der Waals surface area contributed by atoms with Gasteiger partial charge in [0.05, 0.1) is 24.8 Å². The van der Waals surface area contributed by atoms with Crippen molar-refractivity contribution in [1.82, 2.24) is 10.2 Å². The van der Waals surface area contributed by atoms with Gasteiger partial charge in [0, 0.05) is 18.7 Å². The molecule has 232 valence electrons. The topological polar surface area (TPSA) is 105 Å². The second-order valence-corrected chi connectivity index (χ2v) is 12.1. The number of nitrogens with zero attached hydrogens (tertiary/aromatic N) is 2.